The maximum atomic E-state index is 12.1. The summed E-state index contributed by atoms with van der Waals surface area (Å²) in [7, 11) is 1.32. The van der Waals surface area contributed by atoms with Crippen LogP contribution in [0.5, 0.6) is 0 Å². The molecule has 170 valence electrons. The molecule has 1 fully saturated rings. The summed E-state index contributed by atoms with van der Waals surface area (Å²) in [6.45, 7) is 1.84. The topological polar surface area (TPSA) is 90.0 Å². The summed E-state index contributed by atoms with van der Waals surface area (Å²) in [5.41, 5.74) is 1.00. The summed E-state index contributed by atoms with van der Waals surface area (Å²) >= 11 is 1.41. The van der Waals surface area contributed by atoms with Crippen LogP contribution in [-0.4, -0.2) is 62.4 Å². The van der Waals surface area contributed by atoms with E-state index in [0.717, 1.165) is 4.70 Å². The van der Waals surface area contributed by atoms with Gasteiger partial charge >= 0.3 is 18.4 Å². The van der Waals surface area contributed by atoms with Crippen molar-refractivity contribution in [2.24, 2.45) is 0 Å². The third kappa shape index (κ3) is 6.20. The van der Waals surface area contributed by atoms with Crippen LogP contribution >= 0.6 is 11.3 Å². The van der Waals surface area contributed by atoms with Crippen molar-refractivity contribution in [1.29, 1.82) is 0 Å². The molecule has 0 bridgehead atoms. The van der Waals surface area contributed by atoms with Crippen LogP contribution in [0, 0.1) is 0 Å². The van der Waals surface area contributed by atoms with Crippen molar-refractivity contribution in [3.05, 3.63) is 23.1 Å². The number of alkyl carbamates (subject to hydrolysis) is 1. The Balaban J connectivity index is 1.51. The molecule has 0 radical (unpaired) electrons. The first kappa shape index (κ1) is 23.1. The minimum absolute atomic E-state index is 0.359. The molecule has 0 saturated carbocycles. The van der Waals surface area contributed by atoms with Crippen molar-refractivity contribution in [2.75, 3.05) is 31.7 Å². The van der Waals surface area contributed by atoms with Gasteiger partial charge in [-0.15, -0.1) is 24.5 Å². The Morgan fingerprint density at radius 2 is 2.03 bits per heavy atom. The van der Waals surface area contributed by atoms with E-state index in [4.69, 9.17) is 9.47 Å². The number of hydrogen-bond donors (Lipinski definition) is 1. The van der Waals surface area contributed by atoms with Crippen LogP contribution in [0.3, 0.4) is 0 Å². The molecule has 2 aromatic heterocycles. The lowest BCUT2D eigenvalue weighted by Gasteiger charge is -2.32. The second-order valence-corrected chi connectivity index (χ2v) is 7.96. The van der Waals surface area contributed by atoms with Crippen LogP contribution in [0.2, 0.25) is 0 Å². The number of ether oxygens (including phenoxy) is 3. The number of methoxy groups -OCH3 is 1. The Kier molecular flexibility index (Phi) is 7.21. The summed E-state index contributed by atoms with van der Waals surface area (Å²) < 4.78 is 50.8. The van der Waals surface area contributed by atoms with Gasteiger partial charge in [0.1, 0.15) is 11.9 Å². The van der Waals surface area contributed by atoms with Crippen molar-refractivity contribution in [2.45, 2.75) is 38.3 Å². The molecule has 1 aliphatic heterocycles. The number of rotatable bonds is 6. The number of anilines is 1. The number of aromatic nitrogens is 1. The molecule has 2 aromatic rings. The average molecular weight is 461 g/mol. The number of carbonyl (C=O) groups excluding carboxylic acids is 2. The molecular formula is C19H22F3N3O5S. The lowest BCUT2D eigenvalue weighted by atomic mass is 10.1. The summed E-state index contributed by atoms with van der Waals surface area (Å²) in [6.07, 6.45) is -4.81. The Morgan fingerprint density at radius 1 is 1.32 bits per heavy atom. The van der Waals surface area contributed by atoms with E-state index in [-0.39, 0.29) is 6.10 Å². The number of fused-ring (bicyclic) bond motifs is 1. The average Bonchev–Trinajstić information content (AvgIpc) is 3.15. The highest BCUT2D eigenvalue weighted by Gasteiger charge is 2.30. The van der Waals surface area contributed by atoms with Gasteiger partial charge in [0.2, 0.25) is 0 Å². The molecule has 1 amide bonds. The molecule has 1 atom stereocenters. The lowest BCUT2D eigenvalue weighted by Crippen LogP contribution is -2.42. The van der Waals surface area contributed by atoms with Gasteiger partial charge in [0.05, 0.1) is 35.5 Å². The number of pyridine rings is 1. The van der Waals surface area contributed by atoms with Crippen LogP contribution in [0.4, 0.5) is 23.8 Å². The molecular weight excluding hydrogens is 439 g/mol. The maximum Gasteiger partial charge on any atom is 0.522 e. The molecule has 3 heterocycles. The number of thiophene rings is 1. The number of nitrogens with one attached hydrogen (secondary N) is 1. The minimum atomic E-state index is -4.75. The highest BCUT2D eigenvalue weighted by molar-refractivity contribution is 7.17. The van der Waals surface area contributed by atoms with E-state index in [9.17, 15) is 22.8 Å². The van der Waals surface area contributed by atoms with Gasteiger partial charge in [-0.2, -0.15) is 0 Å². The number of alkyl halides is 3. The smallest absolute Gasteiger partial charge is 0.465 e. The van der Waals surface area contributed by atoms with Crippen molar-refractivity contribution < 1.29 is 37.0 Å². The van der Waals surface area contributed by atoms with E-state index >= 15 is 0 Å². The fourth-order valence-electron chi connectivity index (χ4n) is 3.18. The van der Waals surface area contributed by atoms with Crippen LogP contribution < -0.4 is 10.2 Å². The number of piperidine rings is 1. The Bertz CT molecular complexity index is 928. The molecule has 1 aliphatic rings. The van der Waals surface area contributed by atoms with Gasteiger partial charge in [-0.1, -0.05) is 0 Å². The molecule has 0 unspecified atom stereocenters. The molecule has 31 heavy (non-hydrogen) atoms. The van der Waals surface area contributed by atoms with E-state index in [1.165, 1.54) is 25.4 Å². The second-order valence-electron chi connectivity index (χ2n) is 7.05. The third-order valence-corrected chi connectivity index (χ3v) is 5.65. The third-order valence-electron chi connectivity index (χ3n) is 4.71. The number of nitrogens with zero attached hydrogens (tertiary/aromatic N) is 2. The first-order chi connectivity index (χ1) is 14.7. The number of amides is 1. The van der Waals surface area contributed by atoms with E-state index in [1.807, 2.05) is 17.0 Å². The Labute approximate surface area is 180 Å². The summed E-state index contributed by atoms with van der Waals surface area (Å²) in [5, 5.41) is 4.04. The number of halogens is 3. The summed E-state index contributed by atoms with van der Waals surface area (Å²) in [6, 6.07) is 2.92. The van der Waals surface area contributed by atoms with Gasteiger partial charge in [-0.05, 0) is 19.1 Å². The van der Waals surface area contributed by atoms with Crippen LogP contribution in [0.25, 0.3) is 10.2 Å². The van der Waals surface area contributed by atoms with Crippen molar-refractivity contribution in [1.82, 2.24) is 10.3 Å². The van der Waals surface area contributed by atoms with Gasteiger partial charge in [0.25, 0.3) is 0 Å². The minimum Gasteiger partial charge on any atom is -0.465 e. The van der Waals surface area contributed by atoms with Gasteiger partial charge in [-0.25, -0.2) is 14.6 Å². The first-order valence-electron chi connectivity index (χ1n) is 9.55. The molecule has 3 rings (SSSR count). The van der Waals surface area contributed by atoms with E-state index in [0.29, 0.717) is 42.8 Å². The second kappa shape index (κ2) is 9.69. The Hall–Kier alpha value is -2.60. The molecule has 8 nitrogen and oxygen atoms in total. The van der Waals surface area contributed by atoms with Crippen molar-refractivity contribution >= 4 is 39.4 Å². The maximum absolute atomic E-state index is 12.1. The van der Waals surface area contributed by atoms with Crippen molar-refractivity contribution in [3.8, 4) is 0 Å². The molecule has 0 spiro atoms. The fourth-order valence-corrected chi connectivity index (χ4v) is 4.05. The largest absolute Gasteiger partial charge is 0.522 e. The zero-order valence-corrected chi connectivity index (χ0v) is 17.7. The molecule has 1 saturated heterocycles. The summed E-state index contributed by atoms with van der Waals surface area (Å²) in [4.78, 5) is 30.4. The van der Waals surface area contributed by atoms with Gasteiger partial charge in [-0.3, -0.25) is 4.74 Å². The van der Waals surface area contributed by atoms with Crippen LogP contribution in [0.15, 0.2) is 17.5 Å². The fraction of sp³-hybridized carbons (Fsp3) is 0.526. The highest BCUT2D eigenvalue weighted by atomic mass is 32.1. The highest BCUT2D eigenvalue weighted by Crippen LogP contribution is 2.29. The zero-order valence-electron chi connectivity index (χ0n) is 16.9. The lowest BCUT2D eigenvalue weighted by molar-refractivity contribution is -0.325. The molecule has 0 aromatic carbocycles. The number of hydrogen-bond acceptors (Lipinski definition) is 8. The van der Waals surface area contributed by atoms with Gasteiger partial charge < -0.3 is 19.7 Å². The molecule has 1 N–H and O–H groups in total. The summed E-state index contributed by atoms with van der Waals surface area (Å²) in [5.74, 6) is 0.265. The van der Waals surface area contributed by atoms with E-state index in [2.05, 4.69) is 15.0 Å². The standard InChI is InChI=1S/C19H22F3N3O5S/c1-11(9-29-19(20,21)22)23-18(27)30-12-5-7-25(8-6-12)15-4-3-14-16(24-15)13(10-31-14)17(26)28-2/h3-4,10-12H,5-9H2,1-2H3,(H,23,27)/t11-/m0/s1. The normalized spacial score (nSPS) is 16.2. The zero-order chi connectivity index (χ0) is 22.6. The predicted octanol–water partition coefficient (Wildman–Crippen LogP) is 3.70. The quantitative estimate of drug-likeness (QED) is 0.656. The van der Waals surface area contributed by atoms with E-state index < -0.39 is 31.1 Å². The van der Waals surface area contributed by atoms with Crippen LogP contribution in [0.1, 0.15) is 30.1 Å². The van der Waals surface area contributed by atoms with Gasteiger partial charge in [0, 0.05) is 31.3 Å². The molecule has 12 heteroatoms. The monoisotopic (exact) mass is 461 g/mol. The molecule has 0 aliphatic carbocycles. The first-order valence-corrected chi connectivity index (χ1v) is 10.4. The number of carbonyl (C=O) groups is 2. The van der Waals surface area contributed by atoms with Gasteiger partial charge in [0.15, 0.2) is 0 Å². The number of esters is 1. The SMILES string of the molecule is COC(=O)c1csc2ccc(N3CCC(OC(=O)N[C@@H](C)COC(F)(F)F)CC3)nc12. The van der Waals surface area contributed by atoms with Crippen molar-refractivity contribution in [3.63, 3.8) is 0 Å². The van der Waals surface area contributed by atoms with Crippen LogP contribution in [-0.2, 0) is 14.2 Å². The van der Waals surface area contributed by atoms with E-state index in [1.54, 1.807) is 5.38 Å². The Morgan fingerprint density at radius 3 is 2.68 bits per heavy atom. The predicted molar refractivity (Wildman–Crippen MR) is 107 cm³/mol.